The Labute approximate surface area is 140 Å². The van der Waals surface area contributed by atoms with Gasteiger partial charge in [0.2, 0.25) is 0 Å². The molecule has 0 saturated heterocycles. The van der Waals surface area contributed by atoms with E-state index in [1.807, 2.05) is 24.3 Å². The van der Waals surface area contributed by atoms with Crippen molar-refractivity contribution in [2.75, 3.05) is 19.7 Å². The van der Waals surface area contributed by atoms with Crippen molar-refractivity contribution in [2.24, 2.45) is 0 Å². The molecule has 0 unspecified atom stereocenters. The highest BCUT2D eigenvalue weighted by Crippen LogP contribution is 2.12. The van der Waals surface area contributed by atoms with Crippen molar-refractivity contribution < 1.29 is 9.53 Å². The van der Waals surface area contributed by atoms with E-state index in [4.69, 9.17) is 4.74 Å². The maximum absolute atomic E-state index is 12.0. The van der Waals surface area contributed by atoms with Crippen LogP contribution in [0.1, 0.15) is 50.4 Å². The first-order chi connectivity index (χ1) is 10.2. The topological polar surface area (TPSA) is 50.4 Å². The fourth-order valence-electron chi connectivity index (χ4n) is 2.01. The molecule has 0 radical (unpaired) electrons. The van der Waals surface area contributed by atoms with Gasteiger partial charge in [0.1, 0.15) is 5.75 Å². The lowest BCUT2D eigenvalue weighted by molar-refractivity contribution is 0.0950. The summed E-state index contributed by atoms with van der Waals surface area (Å²) in [6.45, 7) is 8.54. The van der Waals surface area contributed by atoms with E-state index in [9.17, 15) is 4.79 Å². The number of halogens is 1. The minimum Gasteiger partial charge on any atom is -0.494 e. The van der Waals surface area contributed by atoms with Crippen LogP contribution < -0.4 is 15.4 Å². The van der Waals surface area contributed by atoms with Gasteiger partial charge < -0.3 is 15.4 Å². The molecule has 1 aromatic rings. The summed E-state index contributed by atoms with van der Waals surface area (Å²) in [5.74, 6) is 0.779. The number of nitrogens with one attached hydrogen (secondary N) is 2. The van der Waals surface area contributed by atoms with Crippen molar-refractivity contribution >= 4 is 18.3 Å². The van der Waals surface area contributed by atoms with Gasteiger partial charge in [-0.3, -0.25) is 4.79 Å². The van der Waals surface area contributed by atoms with Crippen LogP contribution in [-0.4, -0.2) is 31.6 Å². The number of unbranched alkanes of at least 4 members (excludes halogenated alkanes) is 2. The van der Waals surface area contributed by atoms with Crippen LogP contribution in [0.3, 0.4) is 0 Å². The van der Waals surface area contributed by atoms with Crippen LogP contribution in [-0.2, 0) is 0 Å². The molecule has 0 spiro atoms. The molecule has 0 aliphatic rings. The van der Waals surface area contributed by atoms with E-state index in [2.05, 4.69) is 31.4 Å². The normalized spacial score (nSPS) is 11.4. The number of carbonyl (C=O) groups excluding carboxylic acids is 1. The third-order valence-electron chi connectivity index (χ3n) is 3.25. The van der Waals surface area contributed by atoms with E-state index in [0.29, 0.717) is 12.1 Å². The summed E-state index contributed by atoms with van der Waals surface area (Å²) in [7, 11) is 0. The maximum atomic E-state index is 12.0. The van der Waals surface area contributed by atoms with Gasteiger partial charge in [-0.25, -0.2) is 0 Å². The Hall–Kier alpha value is -1.26. The van der Waals surface area contributed by atoms with Crippen LogP contribution in [0, 0.1) is 0 Å². The number of likely N-dealkylation sites (N-methyl/N-ethyl adjacent to an activating group) is 1. The van der Waals surface area contributed by atoms with Crippen LogP contribution in [0.2, 0.25) is 0 Å². The minimum absolute atomic E-state index is 0. The van der Waals surface area contributed by atoms with Gasteiger partial charge >= 0.3 is 0 Å². The zero-order chi connectivity index (χ0) is 15.5. The van der Waals surface area contributed by atoms with Crippen LogP contribution in [0.25, 0.3) is 0 Å². The summed E-state index contributed by atoms with van der Waals surface area (Å²) in [6.07, 6.45) is 3.44. The predicted octanol–water partition coefficient (Wildman–Crippen LogP) is 3.41. The molecule has 0 fully saturated rings. The molecule has 1 aromatic carbocycles. The van der Waals surface area contributed by atoms with E-state index in [1.165, 1.54) is 12.8 Å². The standard InChI is InChI=1S/C17H28N2O2.ClH/c1-4-6-7-12-21-16-10-8-15(9-11-16)17(20)19-13-14(3)18-5-2;/h8-11,14,18H,4-7,12-13H2,1-3H3,(H,19,20);1H/t14-;/m1./s1. The first kappa shape index (κ1) is 20.7. The Morgan fingerprint density at radius 3 is 2.45 bits per heavy atom. The smallest absolute Gasteiger partial charge is 0.251 e. The summed E-state index contributed by atoms with van der Waals surface area (Å²) < 4.78 is 5.63. The molecule has 1 atom stereocenters. The Morgan fingerprint density at radius 2 is 1.86 bits per heavy atom. The second-order valence-corrected chi connectivity index (χ2v) is 5.25. The van der Waals surface area contributed by atoms with Crippen molar-refractivity contribution in [1.82, 2.24) is 10.6 Å². The lowest BCUT2D eigenvalue weighted by Crippen LogP contribution is -2.38. The number of ether oxygens (including phenoxy) is 1. The van der Waals surface area contributed by atoms with E-state index in [-0.39, 0.29) is 24.4 Å². The summed E-state index contributed by atoms with van der Waals surface area (Å²) in [4.78, 5) is 12.0. The Morgan fingerprint density at radius 1 is 1.18 bits per heavy atom. The second kappa shape index (κ2) is 12.3. The van der Waals surface area contributed by atoms with E-state index in [1.54, 1.807) is 0 Å². The molecule has 0 heterocycles. The predicted molar refractivity (Wildman–Crippen MR) is 94.2 cm³/mol. The maximum Gasteiger partial charge on any atom is 0.251 e. The molecule has 2 N–H and O–H groups in total. The minimum atomic E-state index is -0.0442. The summed E-state index contributed by atoms with van der Waals surface area (Å²) in [5.41, 5.74) is 0.666. The van der Waals surface area contributed by atoms with Gasteiger partial charge in [-0.2, -0.15) is 0 Å². The average molecular weight is 329 g/mol. The largest absolute Gasteiger partial charge is 0.494 e. The van der Waals surface area contributed by atoms with Crippen LogP contribution >= 0.6 is 12.4 Å². The summed E-state index contributed by atoms with van der Waals surface area (Å²) in [5, 5.41) is 6.18. The molecular weight excluding hydrogens is 300 g/mol. The number of hydrogen-bond donors (Lipinski definition) is 2. The van der Waals surface area contributed by atoms with Gasteiger partial charge in [0.05, 0.1) is 6.61 Å². The second-order valence-electron chi connectivity index (χ2n) is 5.25. The van der Waals surface area contributed by atoms with Gasteiger partial charge in [0, 0.05) is 18.2 Å². The molecule has 1 amide bonds. The zero-order valence-electron chi connectivity index (χ0n) is 13.9. The third-order valence-corrected chi connectivity index (χ3v) is 3.25. The van der Waals surface area contributed by atoms with Gasteiger partial charge in [-0.15, -0.1) is 12.4 Å². The van der Waals surface area contributed by atoms with E-state index < -0.39 is 0 Å². The number of hydrogen-bond acceptors (Lipinski definition) is 3. The fraction of sp³-hybridized carbons (Fsp3) is 0.588. The number of benzene rings is 1. The Kier molecular flexibility index (Phi) is 11.6. The lowest BCUT2D eigenvalue weighted by Gasteiger charge is -2.13. The van der Waals surface area contributed by atoms with E-state index >= 15 is 0 Å². The van der Waals surface area contributed by atoms with Crippen molar-refractivity contribution in [3.8, 4) is 5.75 Å². The zero-order valence-corrected chi connectivity index (χ0v) is 14.7. The summed E-state index contributed by atoms with van der Waals surface area (Å²) in [6, 6.07) is 7.61. The molecule has 4 nitrogen and oxygen atoms in total. The molecule has 126 valence electrons. The molecule has 0 bridgehead atoms. The highest BCUT2D eigenvalue weighted by atomic mass is 35.5. The quantitative estimate of drug-likeness (QED) is 0.647. The molecule has 22 heavy (non-hydrogen) atoms. The summed E-state index contributed by atoms with van der Waals surface area (Å²) >= 11 is 0. The van der Waals surface area contributed by atoms with Gasteiger partial charge in [-0.1, -0.05) is 26.7 Å². The van der Waals surface area contributed by atoms with Crippen molar-refractivity contribution in [3.63, 3.8) is 0 Å². The Balaban J connectivity index is 0.00000441. The van der Waals surface area contributed by atoms with Crippen molar-refractivity contribution in [2.45, 2.75) is 46.1 Å². The first-order valence-electron chi connectivity index (χ1n) is 7.91. The number of rotatable bonds is 10. The van der Waals surface area contributed by atoms with Crippen molar-refractivity contribution in [1.29, 1.82) is 0 Å². The molecule has 0 aromatic heterocycles. The average Bonchev–Trinajstić information content (AvgIpc) is 2.50. The van der Waals surface area contributed by atoms with Crippen molar-refractivity contribution in [3.05, 3.63) is 29.8 Å². The monoisotopic (exact) mass is 328 g/mol. The first-order valence-corrected chi connectivity index (χ1v) is 7.91. The number of amides is 1. The van der Waals surface area contributed by atoms with Gasteiger partial charge in [0.25, 0.3) is 5.91 Å². The number of carbonyl (C=O) groups is 1. The van der Waals surface area contributed by atoms with Crippen LogP contribution in [0.4, 0.5) is 0 Å². The third kappa shape index (κ3) is 8.25. The van der Waals surface area contributed by atoms with Gasteiger partial charge in [-0.05, 0) is 44.2 Å². The molecule has 0 aliphatic carbocycles. The SMILES string of the molecule is CCCCCOc1ccc(C(=O)NC[C@@H](C)NCC)cc1.Cl. The van der Waals surface area contributed by atoms with Gasteiger partial charge in [0.15, 0.2) is 0 Å². The highest BCUT2D eigenvalue weighted by Gasteiger charge is 2.07. The highest BCUT2D eigenvalue weighted by molar-refractivity contribution is 5.94. The molecule has 0 saturated carbocycles. The molecular formula is C17H29ClN2O2. The van der Waals surface area contributed by atoms with Crippen LogP contribution in [0.5, 0.6) is 5.75 Å². The van der Waals surface area contributed by atoms with Crippen LogP contribution in [0.15, 0.2) is 24.3 Å². The Bertz CT molecular complexity index is 410. The molecule has 0 aliphatic heterocycles. The van der Waals surface area contributed by atoms with E-state index in [0.717, 1.165) is 25.3 Å². The molecule has 5 heteroatoms. The lowest BCUT2D eigenvalue weighted by atomic mass is 10.2. The fourth-order valence-corrected chi connectivity index (χ4v) is 2.01. The molecule has 1 rings (SSSR count).